The van der Waals surface area contributed by atoms with E-state index in [1.165, 1.54) is 7.11 Å². The molecule has 0 aliphatic carbocycles. The van der Waals surface area contributed by atoms with Crippen molar-refractivity contribution in [2.75, 3.05) is 7.11 Å². The largest absolute Gasteiger partial charge is 0.458 e. The van der Waals surface area contributed by atoms with Gasteiger partial charge in [-0.2, -0.15) is 0 Å². The number of aromatic nitrogens is 2. The molecule has 1 aromatic heterocycles. The van der Waals surface area contributed by atoms with E-state index in [4.69, 9.17) is 16.3 Å². The summed E-state index contributed by atoms with van der Waals surface area (Å²) in [6.07, 6.45) is 0. The highest BCUT2D eigenvalue weighted by Crippen LogP contribution is 2.21. The minimum atomic E-state index is -2.06. The molecule has 2 rings (SSSR count). The van der Waals surface area contributed by atoms with E-state index < -0.39 is 17.0 Å². The van der Waals surface area contributed by atoms with Crippen LogP contribution in [0.2, 0.25) is 5.02 Å². The number of ether oxygens (including phenoxy) is 1. The highest BCUT2D eigenvalue weighted by Gasteiger charge is 2.18. The van der Waals surface area contributed by atoms with Gasteiger partial charge in [0, 0.05) is 5.02 Å². The highest BCUT2D eigenvalue weighted by molar-refractivity contribution is 7.78. The Morgan fingerprint density at radius 2 is 2.06 bits per heavy atom. The van der Waals surface area contributed by atoms with E-state index in [0.29, 0.717) is 14.7 Å². The summed E-state index contributed by atoms with van der Waals surface area (Å²) in [6.45, 7) is 0. The molecule has 18 heavy (non-hydrogen) atoms. The monoisotopic (exact) mass is 290 g/mol. The van der Waals surface area contributed by atoms with E-state index in [1.807, 2.05) is 0 Å². The number of benzene rings is 1. The van der Waals surface area contributed by atoms with Gasteiger partial charge in [-0.15, -0.1) is 3.97 Å². The minimum absolute atomic E-state index is 0.275. The third-order valence-corrected chi connectivity index (χ3v) is 3.00. The van der Waals surface area contributed by atoms with Crippen molar-refractivity contribution in [1.29, 1.82) is 0 Å². The standard InChI is InChI=1S/C9H7ClN2O5S/c1-15-18(14)12-8(11-17-9(12)13)16-7-4-2-6(10)3-5-7/h2-5H,1H3. The predicted octanol–water partition coefficient (Wildman–Crippen LogP) is 1.36. The number of halogens is 1. The van der Waals surface area contributed by atoms with E-state index >= 15 is 0 Å². The van der Waals surface area contributed by atoms with Gasteiger partial charge in [0.1, 0.15) is 5.75 Å². The molecule has 0 spiro atoms. The fourth-order valence-electron chi connectivity index (χ4n) is 1.10. The van der Waals surface area contributed by atoms with Crippen LogP contribution < -0.4 is 10.5 Å². The molecule has 0 bridgehead atoms. The molecule has 0 saturated heterocycles. The van der Waals surface area contributed by atoms with E-state index in [0.717, 1.165) is 0 Å². The summed E-state index contributed by atoms with van der Waals surface area (Å²) < 4.78 is 26.1. The van der Waals surface area contributed by atoms with Gasteiger partial charge in [0.05, 0.1) is 7.11 Å². The van der Waals surface area contributed by atoms with E-state index in [1.54, 1.807) is 24.3 Å². The average molecular weight is 291 g/mol. The first kappa shape index (κ1) is 12.8. The Hall–Kier alpha value is -1.64. The summed E-state index contributed by atoms with van der Waals surface area (Å²) in [7, 11) is 1.17. The molecule has 0 N–H and O–H groups in total. The fraction of sp³-hybridized carbons (Fsp3) is 0.111. The maximum absolute atomic E-state index is 11.4. The van der Waals surface area contributed by atoms with Crippen LogP contribution in [0.25, 0.3) is 0 Å². The lowest BCUT2D eigenvalue weighted by atomic mass is 10.3. The van der Waals surface area contributed by atoms with E-state index in [-0.39, 0.29) is 6.01 Å². The van der Waals surface area contributed by atoms with Crippen LogP contribution in [0.5, 0.6) is 11.8 Å². The van der Waals surface area contributed by atoms with Crippen molar-refractivity contribution in [2.24, 2.45) is 0 Å². The molecule has 7 nitrogen and oxygen atoms in total. The summed E-state index contributed by atoms with van der Waals surface area (Å²) in [4.78, 5) is 11.2. The van der Waals surface area contributed by atoms with Gasteiger partial charge < -0.3 is 4.74 Å². The molecule has 0 saturated carbocycles. The van der Waals surface area contributed by atoms with Crippen LogP contribution in [0.15, 0.2) is 33.6 Å². The molecule has 0 aliphatic heterocycles. The molecule has 1 atom stereocenters. The van der Waals surface area contributed by atoms with Gasteiger partial charge in [-0.05, 0) is 29.4 Å². The molecule has 0 amide bonds. The van der Waals surface area contributed by atoms with Crippen molar-refractivity contribution in [3.05, 3.63) is 39.8 Å². The van der Waals surface area contributed by atoms with Crippen LogP contribution in [-0.4, -0.2) is 20.4 Å². The smallest absolute Gasteiger partial charge is 0.423 e. The van der Waals surface area contributed by atoms with Crippen molar-refractivity contribution in [1.82, 2.24) is 9.13 Å². The Balaban J connectivity index is 2.32. The van der Waals surface area contributed by atoms with E-state index in [9.17, 15) is 9.00 Å². The average Bonchev–Trinajstić information content (AvgIpc) is 2.72. The van der Waals surface area contributed by atoms with Crippen molar-refractivity contribution >= 4 is 22.9 Å². The zero-order valence-electron chi connectivity index (χ0n) is 9.03. The zero-order valence-corrected chi connectivity index (χ0v) is 10.6. The van der Waals surface area contributed by atoms with Crippen molar-refractivity contribution in [3.63, 3.8) is 0 Å². The second-order valence-electron chi connectivity index (χ2n) is 2.97. The Morgan fingerprint density at radius 3 is 2.67 bits per heavy atom. The summed E-state index contributed by atoms with van der Waals surface area (Å²) in [5.41, 5.74) is 0. The van der Waals surface area contributed by atoms with Crippen LogP contribution in [-0.2, 0) is 15.4 Å². The van der Waals surface area contributed by atoms with Crippen LogP contribution in [0, 0.1) is 0 Å². The van der Waals surface area contributed by atoms with Crippen LogP contribution >= 0.6 is 11.6 Å². The van der Waals surface area contributed by atoms with Crippen LogP contribution in [0.1, 0.15) is 0 Å². The molecular formula is C9H7ClN2O5S. The normalized spacial score (nSPS) is 12.3. The number of hydrogen-bond donors (Lipinski definition) is 0. The van der Waals surface area contributed by atoms with Gasteiger partial charge in [0.25, 0.3) is 11.3 Å². The Morgan fingerprint density at radius 1 is 1.39 bits per heavy atom. The molecule has 0 aliphatic rings. The summed E-state index contributed by atoms with van der Waals surface area (Å²) in [5.74, 6) is -0.589. The SMILES string of the molecule is COS(=O)n1c(Oc2ccc(Cl)cc2)noc1=O. The summed E-state index contributed by atoms with van der Waals surface area (Å²) >= 11 is 3.65. The van der Waals surface area contributed by atoms with Gasteiger partial charge in [-0.1, -0.05) is 11.6 Å². The number of rotatable bonds is 4. The van der Waals surface area contributed by atoms with Crippen molar-refractivity contribution < 1.29 is 17.7 Å². The molecule has 1 heterocycles. The third-order valence-electron chi connectivity index (χ3n) is 1.86. The van der Waals surface area contributed by atoms with E-state index in [2.05, 4.69) is 13.9 Å². The van der Waals surface area contributed by atoms with Crippen molar-refractivity contribution in [2.45, 2.75) is 0 Å². The van der Waals surface area contributed by atoms with Gasteiger partial charge in [-0.25, -0.2) is 9.00 Å². The first-order valence-electron chi connectivity index (χ1n) is 4.60. The Labute approximate surface area is 109 Å². The molecule has 0 radical (unpaired) electrons. The molecule has 9 heteroatoms. The zero-order chi connectivity index (χ0) is 13.1. The first-order valence-corrected chi connectivity index (χ1v) is 6.01. The Kier molecular flexibility index (Phi) is 3.80. The number of nitrogens with zero attached hydrogens (tertiary/aromatic N) is 2. The third kappa shape index (κ3) is 2.61. The quantitative estimate of drug-likeness (QED) is 0.845. The second kappa shape index (κ2) is 5.34. The highest BCUT2D eigenvalue weighted by atomic mass is 35.5. The van der Waals surface area contributed by atoms with Crippen molar-refractivity contribution in [3.8, 4) is 11.8 Å². The molecular weight excluding hydrogens is 284 g/mol. The van der Waals surface area contributed by atoms with Gasteiger partial charge in [0.2, 0.25) is 0 Å². The fourth-order valence-corrected chi connectivity index (χ4v) is 1.73. The first-order chi connectivity index (χ1) is 8.61. The lowest BCUT2D eigenvalue weighted by Gasteiger charge is -2.03. The van der Waals surface area contributed by atoms with Crippen LogP contribution in [0.4, 0.5) is 0 Å². The minimum Gasteiger partial charge on any atom is -0.423 e. The summed E-state index contributed by atoms with van der Waals surface area (Å²) in [5, 5.41) is 3.88. The van der Waals surface area contributed by atoms with Gasteiger partial charge in [-0.3, -0.25) is 8.71 Å². The molecule has 96 valence electrons. The predicted molar refractivity (Wildman–Crippen MR) is 62.8 cm³/mol. The second-order valence-corrected chi connectivity index (χ2v) is 4.53. The van der Waals surface area contributed by atoms with Gasteiger partial charge >= 0.3 is 11.8 Å². The molecule has 0 fully saturated rings. The maximum Gasteiger partial charge on any atom is 0.458 e. The van der Waals surface area contributed by atoms with Crippen LogP contribution in [0.3, 0.4) is 0 Å². The summed E-state index contributed by atoms with van der Waals surface area (Å²) in [6, 6.07) is 6.02. The lowest BCUT2D eigenvalue weighted by molar-refractivity contribution is 0.351. The Bertz CT molecular complexity index is 621. The molecule has 2 aromatic rings. The number of hydrogen-bond acceptors (Lipinski definition) is 6. The molecule has 1 unspecified atom stereocenters. The molecule has 1 aromatic carbocycles. The van der Waals surface area contributed by atoms with Gasteiger partial charge in [0.15, 0.2) is 0 Å². The maximum atomic E-state index is 11.4. The lowest BCUT2D eigenvalue weighted by Crippen LogP contribution is -2.19. The topological polar surface area (TPSA) is 83.6 Å².